The highest BCUT2D eigenvalue weighted by Crippen LogP contribution is 2.34. The molecule has 1 aliphatic carbocycles. The van der Waals surface area contributed by atoms with Crippen LogP contribution in [0, 0.1) is 0 Å². The van der Waals surface area contributed by atoms with Crippen LogP contribution in [0.5, 0.6) is 0 Å². The molecule has 0 saturated heterocycles. The number of aromatic nitrogens is 1. The number of thiazole rings is 1. The Hall–Kier alpha value is -0.410. The third-order valence-corrected chi connectivity index (χ3v) is 4.14. The van der Waals surface area contributed by atoms with Gasteiger partial charge in [0, 0.05) is 17.8 Å². The van der Waals surface area contributed by atoms with Gasteiger partial charge in [-0.2, -0.15) is 0 Å². The summed E-state index contributed by atoms with van der Waals surface area (Å²) in [6.45, 7) is 4.09. The average molecular weight is 224 g/mol. The van der Waals surface area contributed by atoms with Crippen molar-refractivity contribution in [2.24, 2.45) is 0 Å². The Morgan fingerprint density at radius 2 is 2.20 bits per heavy atom. The van der Waals surface area contributed by atoms with Gasteiger partial charge in [-0.15, -0.1) is 11.3 Å². The lowest BCUT2D eigenvalue weighted by Gasteiger charge is -2.18. The molecule has 0 amide bonds. The van der Waals surface area contributed by atoms with E-state index in [0.717, 1.165) is 19.0 Å². The van der Waals surface area contributed by atoms with Crippen molar-refractivity contribution < 1.29 is 0 Å². The second-order valence-corrected chi connectivity index (χ2v) is 5.18. The van der Waals surface area contributed by atoms with Gasteiger partial charge in [-0.1, -0.05) is 26.2 Å². The molecule has 0 bridgehead atoms. The van der Waals surface area contributed by atoms with E-state index < -0.39 is 0 Å². The van der Waals surface area contributed by atoms with E-state index in [1.807, 2.05) is 11.3 Å². The molecule has 1 saturated carbocycles. The molecule has 2 rings (SSSR count). The van der Waals surface area contributed by atoms with Crippen LogP contribution in [-0.4, -0.2) is 11.5 Å². The smallest absolute Gasteiger partial charge is 0.0959 e. The van der Waals surface area contributed by atoms with Gasteiger partial charge in [0.2, 0.25) is 0 Å². The minimum Gasteiger partial charge on any atom is -0.311 e. The van der Waals surface area contributed by atoms with Gasteiger partial charge in [-0.25, -0.2) is 4.98 Å². The van der Waals surface area contributed by atoms with E-state index in [-0.39, 0.29) is 0 Å². The number of nitrogens with zero attached hydrogens (tertiary/aromatic N) is 1. The molecule has 1 fully saturated rings. The van der Waals surface area contributed by atoms with E-state index in [2.05, 4.69) is 17.6 Å². The molecule has 1 aliphatic rings. The summed E-state index contributed by atoms with van der Waals surface area (Å²) in [6, 6.07) is 0. The molecule has 0 aliphatic heterocycles. The van der Waals surface area contributed by atoms with Crippen LogP contribution >= 0.6 is 11.3 Å². The van der Waals surface area contributed by atoms with Gasteiger partial charge in [-0.3, -0.25) is 0 Å². The fraction of sp³-hybridized carbons (Fsp3) is 0.750. The molecule has 15 heavy (non-hydrogen) atoms. The van der Waals surface area contributed by atoms with Crippen molar-refractivity contribution in [3.63, 3.8) is 0 Å². The van der Waals surface area contributed by atoms with E-state index in [1.54, 1.807) is 0 Å². The average Bonchev–Trinajstić information content (AvgIpc) is 2.76. The highest BCUT2D eigenvalue weighted by atomic mass is 32.1. The van der Waals surface area contributed by atoms with Crippen molar-refractivity contribution in [3.05, 3.63) is 16.1 Å². The van der Waals surface area contributed by atoms with Crippen LogP contribution in [0.25, 0.3) is 0 Å². The van der Waals surface area contributed by atoms with Crippen molar-refractivity contribution in [3.8, 4) is 0 Å². The van der Waals surface area contributed by atoms with Crippen molar-refractivity contribution in [1.29, 1.82) is 0 Å². The van der Waals surface area contributed by atoms with Gasteiger partial charge >= 0.3 is 0 Å². The molecule has 0 atom stereocenters. The molecule has 0 spiro atoms. The minimum atomic E-state index is 0.763. The number of nitrogens with one attached hydrogen (secondary N) is 1. The highest BCUT2D eigenvalue weighted by molar-refractivity contribution is 7.09. The number of rotatable bonds is 4. The number of hydrogen-bond donors (Lipinski definition) is 1. The second-order valence-electron chi connectivity index (χ2n) is 4.29. The van der Waals surface area contributed by atoms with E-state index in [9.17, 15) is 0 Å². The summed E-state index contributed by atoms with van der Waals surface area (Å²) in [7, 11) is 0. The van der Waals surface area contributed by atoms with Crippen molar-refractivity contribution >= 4 is 11.3 Å². The lowest BCUT2D eigenvalue weighted by molar-refractivity contribution is 0.441. The van der Waals surface area contributed by atoms with Crippen molar-refractivity contribution in [1.82, 2.24) is 10.3 Å². The summed E-state index contributed by atoms with van der Waals surface area (Å²) in [4.78, 5) is 4.73. The third-order valence-electron chi connectivity index (χ3n) is 3.08. The standard InChI is InChI=1S/C12H20N2S/c1-2-13-8-11-9-15-12(14-11)10-6-4-3-5-7-10/h9-10,13H,2-8H2,1H3. The van der Waals surface area contributed by atoms with Gasteiger partial charge in [-0.05, 0) is 19.4 Å². The van der Waals surface area contributed by atoms with Crippen molar-refractivity contribution in [2.75, 3.05) is 6.54 Å². The van der Waals surface area contributed by atoms with Crippen LogP contribution in [-0.2, 0) is 6.54 Å². The fourth-order valence-electron chi connectivity index (χ4n) is 2.19. The maximum atomic E-state index is 4.73. The Balaban J connectivity index is 1.93. The maximum absolute atomic E-state index is 4.73. The van der Waals surface area contributed by atoms with Gasteiger partial charge in [0.15, 0.2) is 0 Å². The lowest BCUT2D eigenvalue weighted by Crippen LogP contribution is -2.12. The van der Waals surface area contributed by atoms with Gasteiger partial charge < -0.3 is 5.32 Å². The minimum absolute atomic E-state index is 0.763. The van der Waals surface area contributed by atoms with E-state index in [0.29, 0.717) is 0 Å². The van der Waals surface area contributed by atoms with Crippen LogP contribution in [0.15, 0.2) is 5.38 Å². The molecular weight excluding hydrogens is 204 g/mol. The van der Waals surface area contributed by atoms with Crippen molar-refractivity contribution in [2.45, 2.75) is 51.5 Å². The Morgan fingerprint density at radius 3 is 2.93 bits per heavy atom. The normalized spacial score (nSPS) is 18.2. The molecule has 1 aromatic rings. The van der Waals surface area contributed by atoms with Gasteiger partial charge in [0.25, 0.3) is 0 Å². The second kappa shape index (κ2) is 5.61. The molecule has 0 aromatic carbocycles. The summed E-state index contributed by atoms with van der Waals surface area (Å²) in [6.07, 6.45) is 6.92. The van der Waals surface area contributed by atoms with E-state index in [4.69, 9.17) is 4.98 Å². The Morgan fingerprint density at radius 1 is 1.40 bits per heavy atom. The molecule has 0 unspecified atom stereocenters. The van der Waals surface area contributed by atoms with E-state index >= 15 is 0 Å². The summed E-state index contributed by atoms with van der Waals surface area (Å²) in [5.41, 5.74) is 1.22. The SMILES string of the molecule is CCNCc1csc(C2CCCCC2)n1. The molecule has 0 radical (unpaired) electrons. The van der Waals surface area contributed by atoms with Crippen LogP contribution in [0.1, 0.15) is 55.6 Å². The monoisotopic (exact) mass is 224 g/mol. The first-order valence-electron chi connectivity index (χ1n) is 6.05. The summed E-state index contributed by atoms with van der Waals surface area (Å²) in [5.74, 6) is 0.763. The number of hydrogen-bond acceptors (Lipinski definition) is 3. The lowest BCUT2D eigenvalue weighted by atomic mass is 9.90. The third kappa shape index (κ3) is 3.02. The van der Waals surface area contributed by atoms with Gasteiger partial charge in [0.05, 0.1) is 10.7 Å². The predicted octanol–water partition coefficient (Wildman–Crippen LogP) is 3.30. The Bertz CT molecular complexity index is 290. The Kier molecular flexibility index (Phi) is 4.15. The molecule has 2 nitrogen and oxygen atoms in total. The molecular formula is C12H20N2S. The van der Waals surface area contributed by atoms with E-state index in [1.165, 1.54) is 42.8 Å². The molecule has 1 N–H and O–H groups in total. The molecule has 84 valence electrons. The van der Waals surface area contributed by atoms with Crippen LogP contribution in [0.3, 0.4) is 0 Å². The van der Waals surface area contributed by atoms with Gasteiger partial charge in [0.1, 0.15) is 0 Å². The maximum Gasteiger partial charge on any atom is 0.0959 e. The first-order valence-corrected chi connectivity index (χ1v) is 6.93. The highest BCUT2D eigenvalue weighted by Gasteiger charge is 2.18. The van der Waals surface area contributed by atoms with Crippen LogP contribution in [0.4, 0.5) is 0 Å². The predicted molar refractivity (Wildman–Crippen MR) is 65.3 cm³/mol. The quantitative estimate of drug-likeness (QED) is 0.849. The zero-order valence-electron chi connectivity index (χ0n) is 9.46. The van der Waals surface area contributed by atoms with Crippen LogP contribution in [0.2, 0.25) is 0 Å². The zero-order valence-corrected chi connectivity index (χ0v) is 10.3. The summed E-state index contributed by atoms with van der Waals surface area (Å²) in [5, 5.41) is 6.92. The molecule has 3 heteroatoms. The molecule has 1 aromatic heterocycles. The Labute approximate surface area is 96.1 Å². The summed E-state index contributed by atoms with van der Waals surface area (Å²) < 4.78 is 0. The molecule has 1 heterocycles. The first-order chi connectivity index (χ1) is 7.40. The van der Waals surface area contributed by atoms with Crippen LogP contribution < -0.4 is 5.32 Å². The fourth-order valence-corrected chi connectivity index (χ4v) is 3.18. The zero-order chi connectivity index (χ0) is 10.5. The summed E-state index contributed by atoms with van der Waals surface area (Å²) >= 11 is 1.86. The topological polar surface area (TPSA) is 24.9 Å². The largest absolute Gasteiger partial charge is 0.311 e. The first kappa shape index (κ1) is 11.1.